The average Bonchev–Trinajstić information content (AvgIpc) is 2.95. The maximum atomic E-state index is 13.5. The van der Waals surface area contributed by atoms with Gasteiger partial charge in [-0.2, -0.15) is 0 Å². The summed E-state index contributed by atoms with van der Waals surface area (Å²) in [6.07, 6.45) is 2.00. The van der Waals surface area contributed by atoms with Crippen LogP contribution >= 0.6 is 0 Å². The van der Waals surface area contributed by atoms with E-state index in [1.165, 1.54) is 0 Å². The third kappa shape index (κ3) is 5.35. The van der Waals surface area contributed by atoms with Crippen molar-refractivity contribution in [2.24, 2.45) is 0 Å². The van der Waals surface area contributed by atoms with Gasteiger partial charge in [-0.3, -0.25) is 4.79 Å². The second kappa shape index (κ2) is 11.4. The Hall–Kier alpha value is -4.32. The quantitative estimate of drug-likeness (QED) is 0.376. The molecule has 0 saturated carbocycles. The van der Waals surface area contributed by atoms with Crippen molar-refractivity contribution in [3.63, 3.8) is 0 Å². The number of esters is 1. The maximum Gasteiger partial charge on any atom is 0.337 e. The number of carbonyl (C=O) groups is 2. The van der Waals surface area contributed by atoms with E-state index < -0.39 is 11.9 Å². The van der Waals surface area contributed by atoms with Crippen molar-refractivity contribution in [3.05, 3.63) is 118 Å². The van der Waals surface area contributed by atoms with Gasteiger partial charge in [0.1, 0.15) is 13.2 Å². The number of nitrogens with one attached hydrogen (secondary N) is 1. The van der Waals surface area contributed by atoms with Gasteiger partial charge in [-0.15, -0.1) is 0 Å². The van der Waals surface area contributed by atoms with Gasteiger partial charge in [0.2, 0.25) is 0 Å². The highest BCUT2D eigenvalue weighted by Crippen LogP contribution is 2.44. The van der Waals surface area contributed by atoms with Crippen molar-refractivity contribution in [2.75, 3.05) is 7.11 Å². The SMILES string of the molecule is COc1cc([C@H]2C(C(=O)OCc3ccccc3)=C(C)NC3=C2C(=O)CCC3)ccc1OCc1ccccc1. The summed E-state index contributed by atoms with van der Waals surface area (Å²) in [6.45, 7) is 2.41. The molecule has 38 heavy (non-hydrogen) atoms. The normalized spacial score (nSPS) is 17.0. The van der Waals surface area contributed by atoms with Crippen molar-refractivity contribution in [1.29, 1.82) is 0 Å². The Morgan fingerprint density at radius 3 is 2.26 bits per heavy atom. The number of rotatable bonds is 8. The minimum absolute atomic E-state index is 0.0491. The molecule has 0 bridgehead atoms. The first-order valence-corrected chi connectivity index (χ1v) is 12.8. The van der Waals surface area contributed by atoms with Crippen LogP contribution in [0.15, 0.2) is 101 Å². The fourth-order valence-corrected chi connectivity index (χ4v) is 5.11. The van der Waals surface area contributed by atoms with Crippen LogP contribution in [0.4, 0.5) is 0 Å². The third-order valence-electron chi connectivity index (χ3n) is 6.97. The second-order valence-corrected chi connectivity index (χ2v) is 9.51. The summed E-state index contributed by atoms with van der Waals surface area (Å²) in [7, 11) is 1.59. The smallest absolute Gasteiger partial charge is 0.337 e. The molecule has 0 spiro atoms. The summed E-state index contributed by atoms with van der Waals surface area (Å²) in [5.74, 6) is 0.175. The highest BCUT2D eigenvalue weighted by Gasteiger charge is 2.39. The fraction of sp³-hybridized carbons (Fsp3) is 0.250. The minimum Gasteiger partial charge on any atom is -0.493 e. The van der Waals surface area contributed by atoms with Crippen LogP contribution in [0.1, 0.15) is 48.8 Å². The van der Waals surface area contributed by atoms with Crippen LogP contribution in [0.3, 0.4) is 0 Å². The first-order chi connectivity index (χ1) is 18.5. The van der Waals surface area contributed by atoms with Crippen molar-refractivity contribution in [3.8, 4) is 11.5 Å². The van der Waals surface area contributed by atoms with Crippen molar-refractivity contribution < 1.29 is 23.8 Å². The lowest BCUT2D eigenvalue weighted by atomic mass is 9.75. The van der Waals surface area contributed by atoms with Gasteiger partial charge in [-0.1, -0.05) is 66.7 Å². The third-order valence-corrected chi connectivity index (χ3v) is 6.97. The molecule has 0 fully saturated rings. The molecule has 194 valence electrons. The molecule has 0 radical (unpaired) electrons. The average molecular weight is 510 g/mol. The van der Waals surface area contributed by atoms with Crippen molar-refractivity contribution >= 4 is 11.8 Å². The van der Waals surface area contributed by atoms with Gasteiger partial charge in [-0.25, -0.2) is 4.79 Å². The summed E-state index contributed by atoms with van der Waals surface area (Å²) in [5, 5.41) is 3.34. The van der Waals surface area contributed by atoms with Crippen molar-refractivity contribution in [2.45, 2.75) is 45.3 Å². The van der Waals surface area contributed by atoms with Crippen molar-refractivity contribution in [1.82, 2.24) is 5.32 Å². The van der Waals surface area contributed by atoms with Gasteiger partial charge >= 0.3 is 5.97 Å². The summed E-state index contributed by atoms with van der Waals surface area (Å²) in [4.78, 5) is 26.7. The number of allylic oxidation sites excluding steroid dienone is 3. The largest absolute Gasteiger partial charge is 0.493 e. The highest BCUT2D eigenvalue weighted by molar-refractivity contribution is 6.03. The molecule has 0 saturated heterocycles. The van der Waals surface area contributed by atoms with Crippen LogP contribution in [0, 0.1) is 0 Å². The van der Waals surface area contributed by atoms with E-state index in [0.717, 1.165) is 35.2 Å². The molecular weight excluding hydrogens is 478 g/mol. The molecule has 0 unspecified atom stereocenters. The van der Waals surface area contributed by atoms with Crippen LogP contribution in [0.5, 0.6) is 11.5 Å². The molecule has 1 aliphatic heterocycles. The number of ketones is 1. The van der Waals surface area contributed by atoms with E-state index >= 15 is 0 Å². The lowest BCUT2D eigenvalue weighted by molar-refractivity contribution is -0.140. The molecule has 3 aromatic carbocycles. The van der Waals surface area contributed by atoms with E-state index in [1.807, 2.05) is 85.8 Å². The van der Waals surface area contributed by atoms with Gasteiger partial charge in [0.25, 0.3) is 0 Å². The van der Waals surface area contributed by atoms with Gasteiger partial charge in [0.05, 0.1) is 12.7 Å². The first kappa shape index (κ1) is 25.3. The Bertz CT molecular complexity index is 1390. The Morgan fingerprint density at radius 2 is 1.58 bits per heavy atom. The standard InChI is InChI=1S/C32H31NO5/c1-21-29(32(35)38-20-23-12-7-4-8-13-23)30(31-25(33-21)14-9-15-26(31)34)24-16-17-27(28(18-24)36-2)37-19-22-10-5-3-6-11-22/h3-8,10-13,16-18,30,33H,9,14-15,19-20H2,1-2H3/t30-/m0/s1. The zero-order valence-corrected chi connectivity index (χ0v) is 21.7. The Morgan fingerprint density at radius 1 is 0.895 bits per heavy atom. The topological polar surface area (TPSA) is 73.9 Å². The molecular formula is C32H31NO5. The van der Waals surface area contributed by atoms with Gasteiger partial charge < -0.3 is 19.5 Å². The van der Waals surface area contributed by atoms with E-state index in [2.05, 4.69) is 5.32 Å². The van der Waals surface area contributed by atoms with Gasteiger partial charge in [-0.05, 0) is 48.6 Å². The van der Waals surface area contributed by atoms with E-state index in [9.17, 15) is 9.59 Å². The maximum absolute atomic E-state index is 13.5. The number of hydrogen-bond donors (Lipinski definition) is 1. The minimum atomic E-state index is -0.556. The lowest BCUT2D eigenvalue weighted by Gasteiger charge is -2.34. The van der Waals surface area contributed by atoms with Gasteiger partial charge in [0, 0.05) is 29.3 Å². The molecule has 1 aliphatic carbocycles. The predicted octanol–water partition coefficient (Wildman–Crippen LogP) is 5.99. The summed E-state index contributed by atoms with van der Waals surface area (Å²) < 4.78 is 17.5. The monoisotopic (exact) mass is 509 g/mol. The zero-order valence-electron chi connectivity index (χ0n) is 21.7. The van der Waals surface area contributed by atoms with Crippen LogP contribution < -0.4 is 14.8 Å². The van der Waals surface area contributed by atoms with Gasteiger partial charge in [0.15, 0.2) is 17.3 Å². The molecule has 6 nitrogen and oxygen atoms in total. The molecule has 6 heteroatoms. The Labute approximate surface area is 222 Å². The van der Waals surface area contributed by atoms with Crippen LogP contribution in [-0.4, -0.2) is 18.9 Å². The number of hydrogen-bond acceptors (Lipinski definition) is 6. The second-order valence-electron chi connectivity index (χ2n) is 9.51. The van der Waals surface area contributed by atoms with Crippen LogP contribution in [0.2, 0.25) is 0 Å². The number of dihydropyridines is 1. The van der Waals surface area contributed by atoms with E-state index in [1.54, 1.807) is 7.11 Å². The summed E-state index contributed by atoms with van der Waals surface area (Å²) >= 11 is 0. The fourth-order valence-electron chi connectivity index (χ4n) is 5.11. The number of methoxy groups -OCH3 is 1. The molecule has 3 aromatic rings. The molecule has 1 N–H and O–H groups in total. The van der Waals surface area contributed by atoms with E-state index in [4.69, 9.17) is 14.2 Å². The molecule has 1 atom stereocenters. The highest BCUT2D eigenvalue weighted by atomic mass is 16.5. The number of ether oxygens (including phenoxy) is 3. The zero-order chi connectivity index (χ0) is 26.5. The first-order valence-electron chi connectivity index (χ1n) is 12.8. The molecule has 5 rings (SSSR count). The molecule has 1 heterocycles. The van der Waals surface area contributed by atoms with Crippen LogP contribution in [0.25, 0.3) is 0 Å². The number of carbonyl (C=O) groups excluding carboxylic acids is 2. The lowest BCUT2D eigenvalue weighted by Crippen LogP contribution is -2.34. The number of benzene rings is 3. The number of Topliss-reactive ketones (excluding diaryl/α,β-unsaturated/α-hetero) is 1. The Kier molecular flexibility index (Phi) is 7.59. The predicted molar refractivity (Wildman–Crippen MR) is 144 cm³/mol. The molecule has 2 aliphatic rings. The van der Waals surface area contributed by atoms with Crippen LogP contribution in [-0.2, 0) is 27.5 Å². The Balaban J connectivity index is 1.48. The summed E-state index contributed by atoms with van der Waals surface area (Å²) in [6, 6.07) is 25.1. The molecule has 0 aromatic heterocycles. The van der Waals surface area contributed by atoms with E-state index in [0.29, 0.717) is 41.4 Å². The molecule has 0 amide bonds. The summed E-state index contributed by atoms with van der Waals surface area (Å²) in [5.41, 5.74) is 5.38. The van der Waals surface area contributed by atoms with E-state index in [-0.39, 0.29) is 12.4 Å².